The molecule has 0 amide bonds. The van der Waals surface area contributed by atoms with Gasteiger partial charge in [-0.3, -0.25) is 9.17 Å². The van der Waals surface area contributed by atoms with Crippen molar-refractivity contribution in [1.82, 2.24) is 4.98 Å². The lowest BCUT2D eigenvalue weighted by atomic mass is 10.3. The Morgan fingerprint density at radius 1 is 1.75 bits per heavy atom. The molecule has 66 valence electrons. The van der Waals surface area contributed by atoms with Crippen molar-refractivity contribution in [3.63, 3.8) is 0 Å². The van der Waals surface area contributed by atoms with Crippen molar-refractivity contribution < 1.29 is 12.9 Å². The van der Waals surface area contributed by atoms with E-state index in [-0.39, 0.29) is 0 Å². The molecule has 0 fully saturated rings. The molecule has 2 unspecified atom stereocenters. The van der Waals surface area contributed by atoms with E-state index >= 15 is 0 Å². The number of pyridine rings is 1. The topological polar surface area (TPSA) is 88.3 Å². The van der Waals surface area contributed by atoms with E-state index in [9.17, 15) is 8.76 Å². The third-order valence-corrected chi connectivity index (χ3v) is 1.56. The second-order valence-corrected chi connectivity index (χ2v) is 2.61. The summed E-state index contributed by atoms with van der Waals surface area (Å²) in [6, 6.07) is 3.27. The Kier molecular flexibility index (Phi) is 3.30. The van der Waals surface area contributed by atoms with Gasteiger partial charge in [0.2, 0.25) is 0 Å². The number of hydrogen-bond donors (Lipinski definition) is 1. The highest BCUT2D eigenvalue weighted by Crippen LogP contribution is 2.09. The Morgan fingerprint density at radius 3 is 3.00 bits per heavy atom. The molecule has 0 spiro atoms. The van der Waals surface area contributed by atoms with E-state index in [1.807, 2.05) is 0 Å². The van der Waals surface area contributed by atoms with Crippen molar-refractivity contribution in [2.45, 2.75) is 6.23 Å². The maximum atomic E-state index is 10.1. The summed E-state index contributed by atoms with van der Waals surface area (Å²) in [4.78, 5) is 3.75. The van der Waals surface area contributed by atoms with E-state index in [2.05, 4.69) is 9.17 Å². The molecule has 0 aliphatic carbocycles. The Balaban J connectivity index is 2.65. The first-order valence-corrected chi connectivity index (χ1v) is 4.12. The van der Waals surface area contributed by atoms with Crippen LogP contribution < -0.4 is 5.73 Å². The largest absolute Gasteiger partial charge is 0.750 e. The number of hydrogen-bond acceptors (Lipinski definition) is 5. The summed E-state index contributed by atoms with van der Waals surface area (Å²) < 4.78 is 24.4. The van der Waals surface area contributed by atoms with E-state index in [1.54, 1.807) is 18.3 Å². The molecule has 1 rings (SSSR count). The first-order valence-electron chi connectivity index (χ1n) is 3.12. The number of nitrogens with zero attached hydrogens (tertiary/aromatic N) is 1. The lowest BCUT2D eigenvalue weighted by Gasteiger charge is -2.13. The van der Waals surface area contributed by atoms with Crippen LogP contribution in [0.15, 0.2) is 24.5 Å². The molecule has 0 bridgehead atoms. The second-order valence-electron chi connectivity index (χ2n) is 2.01. The summed E-state index contributed by atoms with van der Waals surface area (Å²) in [5.41, 5.74) is 5.86. The van der Waals surface area contributed by atoms with Crippen LogP contribution in [0, 0.1) is 0 Å². The fraction of sp³-hybridized carbons (Fsp3) is 0.167. The molecule has 2 atom stereocenters. The molecule has 0 aromatic carbocycles. The van der Waals surface area contributed by atoms with E-state index in [0.29, 0.717) is 5.56 Å². The zero-order valence-corrected chi connectivity index (χ0v) is 6.86. The van der Waals surface area contributed by atoms with Gasteiger partial charge in [-0.25, -0.2) is 4.21 Å². The predicted octanol–water partition coefficient (Wildman–Crippen LogP) is -0.150. The Labute approximate surface area is 72.1 Å². The quantitative estimate of drug-likeness (QED) is 0.525. The Morgan fingerprint density at radius 2 is 2.50 bits per heavy atom. The third-order valence-electron chi connectivity index (χ3n) is 1.20. The van der Waals surface area contributed by atoms with Crippen molar-refractivity contribution in [2.75, 3.05) is 0 Å². The zero-order chi connectivity index (χ0) is 8.97. The van der Waals surface area contributed by atoms with Crippen molar-refractivity contribution in [2.24, 2.45) is 5.73 Å². The number of nitrogens with two attached hydrogens (primary N) is 1. The van der Waals surface area contributed by atoms with Gasteiger partial charge in [0.05, 0.1) is 11.4 Å². The smallest absolute Gasteiger partial charge is 0.148 e. The molecule has 5 nitrogen and oxygen atoms in total. The SMILES string of the molecule is NC(OS(=O)[O-])c1cccnc1. The molecule has 1 heterocycles. The van der Waals surface area contributed by atoms with Gasteiger partial charge in [-0.15, -0.1) is 0 Å². The average molecular weight is 187 g/mol. The van der Waals surface area contributed by atoms with Gasteiger partial charge in [0, 0.05) is 18.0 Å². The third kappa shape index (κ3) is 2.67. The summed E-state index contributed by atoms with van der Waals surface area (Å²) in [5, 5.41) is 0. The molecule has 0 saturated heterocycles. The summed E-state index contributed by atoms with van der Waals surface area (Å²) in [5.74, 6) is 0. The lowest BCUT2D eigenvalue weighted by Crippen LogP contribution is -2.15. The standard InChI is InChI=1S/C6H8N2O3S/c7-6(11-12(9)10)5-2-1-3-8-4-5/h1-4,6H,7H2,(H,9,10)/p-1. The first kappa shape index (κ1) is 9.27. The molecule has 6 heteroatoms. The summed E-state index contributed by atoms with van der Waals surface area (Å²) in [7, 11) is 0. The van der Waals surface area contributed by atoms with Gasteiger partial charge in [0.25, 0.3) is 0 Å². The summed E-state index contributed by atoms with van der Waals surface area (Å²) in [6.07, 6.45) is 2.03. The maximum Gasteiger partial charge on any atom is 0.148 e. The molecule has 0 aliphatic rings. The molecule has 2 N–H and O–H groups in total. The second kappa shape index (κ2) is 4.27. The molecular formula is C6H7N2O3S-. The summed E-state index contributed by atoms with van der Waals surface area (Å²) >= 11 is -2.60. The summed E-state index contributed by atoms with van der Waals surface area (Å²) in [6.45, 7) is 0. The van der Waals surface area contributed by atoms with Crippen LogP contribution >= 0.6 is 0 Å². The monoisotopic (exact) mass is 187 g/mol. The van der Waals surface area contributed by atoms with Crippen LogP contribution in [0.2, 0.25) is 0 Å². The van der Waals surface area contributed by atoms with Crippen molar-refractivity contribution in [3.05, 3.63) is 30.1 Å². The van der Waals surface area contributed by atoms with Gasteiger partial charge in [-0.05, 0) is 6.07 Å². The van der Waals surface area contributed by atoms with Gasteiger partial charge in [-0.2, -0.15) is 0 Å². The number of aromatic nitrogens is 1. The van der Waals surface area contributed by atoms with E-state index < -0.39 is 17.6 Å². The highest BCUT2D eigenvalue weighted by molar-refractivity contribution is 7.74. The zero-order valence-electron chi connectivity index (χ0n) is 6.04. The molecule has 12 heavy (non-hydrogen) atoms. The molecule has 0 radical (unpaired) electrons. The number of rotatable bonds is 3. The molecule has 0 aliphatic heterocycles. The van der Waals surface area contributed by atoms with Crippen LogP contribution in [0.5, 0.6) is 0 Å². The van der Waals surface area contributed by atoms with Crippen LogP contribution in [0.25, 0.3) is 0 Å². The van der Waals surface area contributed by atoms with Gasteiger partial charge in [-0.1, -0.05) is 6.07 Å². The van der Waals surface area contributed by atoms with E-state index in [1.165, 1.54) is 6.20 Å². The van der Waals surface area contributed by atoms with Crippen molar-refractivity contribution in [1.29, 1.82) is 0 Å². The molecular weight excluding hydrogens is 180 g/mol. The van der Waals surface area contributed by atoms with Crippen LogP contribution in [0.3, 0.4) is 0 Å². The van der Waals surface area contributed by atoms with Crippen LogP contribution in [-0.4, -0.2) is 13.7 Å². The van der Waals surface area contributed by atoms with E-state index in [0.717, 1.165) is 0 Å². The molecule has 0 saturated carbocycles. The highest BCUT2D eigenvalue weighted by Gasteiger charge is 2.05. The minimum atomic E-state index is -2.60. The highest BCUT2D eigenvalue weighted by atomic mass is 32.2. The molecule has 1 aromatic heterocycles. The van der Waals surface area contributed by atoms with Crippen LogP contribution in [0.4, 0.5) is 0 Å². The fourth-order valence-electron chi connectivity index (χ4n) is 0.684. The lowest BCUT2D eigenvalue weighted by molar-refractivity contribution is 0.211. The van der Waals surface area contributed by atoms with Gasteiger partial charge < -0.3 is 10.3 Å². The minimum absolute atomic E-state index is 0.515. The van der Waals surface area contributed by atoms with Crippen molar-refractivity contribution >= 4 is 11.4 Å². The minimum Gasteiger partial charge on any atom is -0.750 e. The van der Waals surface area contributed by atoms with Crippen LogP contribution in [-0.2, 0) is 15.5 Å². The van der Waals surface area contributed by atoms with Crippen molar-refractivity contribution in [3.8, 4) is 0 Å². The van der Waals surface area contributed by atoms with E-state index in [4.69, 9.17) is 5.73 Å². The van der Waals surface area contributed by atoms with Gasteiger partial charge in [0.1, 0.15) is 6.23 Å². The van der Waals surface area contributed by atoms with Gasteiger partial charge in [0.15, 0.2) is 0 Å². The molecule has 1 aromatic rings. The Hall–Kier alpha value is -0.820. The normalized spacial score (nSPS) is 15.5. The predicted molar refractivity (Wildman–Crippen MR) is 41.2 cm³/mol. The first-order chi connectivity index (χ1) is 5.70. The average Bonchev–Trinajstić information content (AvgIpc) is 2.05. The maximum absolute atomic E-state index is 10.1. The van der Waals surface area contributed by atoms with Gasteiger partial charge >= 0.3 is 0 Å². The Bertz CT molecular complexity index is 267. The fourth-order valence-corrected chi connectivity index (χ4v) is 0.965. The van der Waals surface area contributed by atoms with Crippen LogP contribution in [0.1, 0.15) is 11.8 Å².